The molecule has 1 amide bonds. The second kappa shape index (κ2) is 4.18. The standard InChI is InChI=1S/C10H16N2O3/c13-9(10(14)15)12-6-5-11-4-2-1-3-8(11)7-12/h8H,1-7H2,(H,14,15). The summed E-state index contributed by atoms with van der Waals surface area (Å²) in [5, 5.41) is 8.63. The Morgan fingerprint density at radius 3 is 2.67 bits per heavy atom. The fraction of sp³-hybridized carbons (Fsp3) is 0.800. The minimum Gasteiger partial charge on any atom is -0.474 e. The number of hydrogen-bond donors (Lipinski definition) is 1. The van der Waals surface area contributed by atoms with Crippen LogP contribution in [0.2, 0.25) is 0 Å². The molecule has 1 atom stereocenters. The number of aliphatic carboxylic acids is 1. The molecule has 5 nitrogen and oxygen atoms in total. The molecule has 0 aromatic rings. The topological polar surface area (TPSA) is 60.9 Å². The molecule has 2 saturated heterocycles. The molecule has 2 fully saturated rings. The van der Waals surface area contributed by atoms with Gasteiger partial charge in [0.2, 0.25) is 0 Å². The molecule has 2 rings (SSSR count). The lowest BCUT2D eigenvalue weighted by Gasteiger charge is -2.43. The molecule has 0 aromatic heterocycles. The minimum absolute atomic E-state index is 0.385. The van der Waals surface area contributed by atoms with Gasteiger partial charge in [0.25, 0.3) is 0 Å². The first-order valence-corrected chi connectivity index (χ1v) is 5.45. The molecule has 2 heterocycles. The van der Waals surface area contributed by atoms with E-state index in [2.05, 4.69) is 4.90 Å². The van der Waals surface area contributed by atoms with E-state index in [1.165, 1.54) is 17.7 Å². The van der Waals surface area contributed by atoms with Crippen LogP contribution in [0.5, 0.6) is 0 Å². The van der Waals surface area contributed by atoms with Crippen molar-refractivity contribution in [1.29, 1.82) is 0 Å². The summed E-state index contributed by atoms with van der Waals surface area (Å²) in [5.74, 6) is -2.08. The number of carbonyl (C=O) groups is 2. The van der Waals surface area contributed by atoms with E-state index in [4.69, 9.17) is 5.11 Å². The first-order valence-electron chi connectivity index (χ1n) is 5.45. The molecule has 0 spiro atoms. The molecule has 5 heteroatoms. The first kappa shape index (κ1) is 10.4. The Labute approximate surface area is 88.6 Å². The highest BCUT2D eigenvalue weighted by Crippen LogP contribution is 2.20. The molecule has 0 aromatic carbocycles. The van der Waals surface area contributed by atoms with Crippen LogP contribution >= 0.6 is 0 Å². The Morgan fingerprint density at radius 2 is 1.93 bits per heavy atom. The van der Waals surface area contributed by atoms with E-state index in [0.29, 0.717) is 19.1 Å². The molecule has 15 heavy (non-hydrogen) atoms. The van der Waals surface area contributed by atoms with Crippen LogP contribution < -0.4 is 0 Å². The number of amides is 1. The first-order chi connectivity index (χ1) is 7.18. The van der Waals surface area contributed by atoms with Gasteiger partial charge in [-0.05, 0) is 19.4 Å². The van der Waals surface area contributed by atoms with Gasteiger partial charge in [0, 0.05) is 25.7 Å². The van der Waals surface area contributed by atoms with Crippen LogP contribution in [0.15, 0.2) is 0 Å². The molecule has 0 bridgehead atoms. The van der Waals surface area contributed by atoms with Crippen LogP contribution in [-0.2, 0) is 9.59 Å². The second-order valence-corrected chi connectivity index (χ2v) is 4.24. The summed E-state index contributed by atoms with van der Waals surface area (Å²) in [6.45, 7) is 3.07. The van der Waals surface area contributed by atoms with Crippen molar-refractivity contribution in [3.05, 3.63) is 0 Å². The quantitative estimate of drug-likeness (QED) is 0.563. The van der Waals surface area contributed by atoms with Crippen molar-refractivity contribution in [2.45, 2.75) is 25.3 Å². The highest BCUT2D eigenvalue weighted by atomic mass is 16.4. The van der Waals surface area contributed by atoms with Crippen LogP contribution in [0.3, 0.4) is 0 Å². The second-order valence-electron chi connectivity index (χ2n) is 4.24. The van der Waals surface area contributed by atoms with E-state index in [-0.39, 0.29) is 0 Å². The van der Waals surface area contributed by atoms with Gasteiger partial charge in [0.1, 0.15) is 0 Å². The van der Waals surface area contributed by atoms with E-state index in [9.17, 15) is 9.59 Å². The van der Waals surface area contributed by atoms with Crippen molar-refractivity contribution in [3.63, 3.8) is 0 Å². The molecule has 0 saturated carbocycles. The van der Waals surface area contributed by atoms with Crippen molar-refractivity contribution < 1.29 is 14.7 Å². The van der Waals surface area contributed by atoms with Gasteiger partial charge in [-0.2, -0.15) is 0 Å². The number of hydrogen-bond acceptors (Lipinski definition) is 3. The Balaban J connectivity index is 1.96. The number of nitrogens with zero attached hydrogens (tertiary/aromatic N) is 2. The number of carbonyl (C=O) groups excluding carboxylic acids is 1. The van der Waals surface area contributed by atoms with Gasteiger partial charge in [-0.15, -0.1) is 0 Å². The summed E-state index contributed by atoms with van der Waals surface area (Å²) in [5.41, 5.74) is 0. The van der Waals surface area contributed by atoms with Crippen molar-refractivity contribution in [3.8, 4) is 0 Å². The SMILES string of the molecule is O=C(O)C(=O)N1CCN2CCCCC2C1. The third-order valence-corrected chi connectivity index (χ3v) is 3.31. The predicted octanol–water partition coefficient (Wildman–Crippen LogP) is -0.232. The Kier molecular flexibility index (Phi) is 2.90. The summed E-state index contributed by atoms with van der Waals surface area (Å²) < 4.78 is 0. The number of carboxylic acids is 1. The molecule has 2 aliphatic rings. The van der Waals surface area contributed by atoms with E-state index in [1.807, 2.05) is 0 Å². The van der Waals surface area contributed by atoms with Gasteiger partial charge in [0.05, 0.1) is 0 Å². The summed E-state index contributed by atoms with van der Waals surface area (Å²) in [7, 11) is 0. The summed E-state index contributed by atoms with van der Waals surface area (Å²) in [4.78, 5) is 25.7. The van der Waals surface area contributed by atoms with Crippen LogP contribution in [-0.4, -0.2) is 59.0 Å². The maximum Gasteiger partial charge on any atom is 0.394 e. The van der Waals surface area contributed by atoms with Crippen LogP contribution in [0, 0.1) is 0 Å². The summed E-state index contributed by atoms with van der Waals surface area (Å²) in [6.07, 6.45) is 3.50. The zero-order valence-corrected chi connectivity index (χ0v) is 8.69. The van der Waals surface area contributed by atoms with E-state index in [0.717, 1.165) is 19.5 Å². The van der Waals surface area contributed by atoms with Crippen LogP contribution in [0.4, 0.5) is 0 Å². The highest BCUT2D eigenvalue weighted by Gasteiger charge is 2.32. The molecular weight excluding hydrogens is 196 g/mol. The normalized spacial score (nSPS) is 27.2. The van der Waals surface area contributed by atoms with Crippen LogP contribution in [0.25, 0.3) is 0 Å². The molecule has 1 N–H and O–H groups in total. The van der Waals surface area contributed by atoms with Crippen molar-refractivity contribution in [1.82, 2.24) is 9.80 Å². The summed E-state index contributed by atoms with van der Waals surface area (Å²) >= 11 is 0. The fourth-order valence-corrected chi connectivity index (χ4v) is 2.48. The van der Waals surface area contributed by atoms with Crippen molar-refractivity contribution in [2.24, 2.45) is 0 Å². The maximum atomic E-state index is 11.3. The smallest absolute Gasteiger partial charge is 0.394 e. The lowest BCUT2D eigenvalue weighted by atomic mass is 9.99. The predicted molar refractivity (Wildman–Crippen MR) is 53.4 cm³/mol. The van der Waals surface area contributed by atoms with Gasteiger partial charge in [-0.1, -0.05) is 6.42 Å². The van der Waals surface area contributed by atoms with Gasteiger partial charge in [-0.25, -0.2) is 4.79 Å². The van der Waals surface area contributed by atoms with Gasteiger partial charge >= 0.3 is 11.9 Å². The summed E-state index contributed by atoms with van der Waals surface area (Å²) in [6, 6.07) is 0.385. The molecular formula is C10H16N2O3. The van der Waals surface area contributed by atoms with Crippen LogP contribution in [0.1, 0.15) is 19.3 Å². The number of fused-ring (bicyclic) bond motifs is 1. The van der Waals surface area contributed by atoms with Gasteiger partial charge in [0.15, 0.2) is 0 Å². The lowest BCUT2D eigenvalue weighted by molar-refractivity contribution is -0.157. The van der Waals surface area contributed by atoms with Gasteiger partial charge in [-0.3, -0.25) is 9.69 Å². The average Bonchev–Trinajstić information content (AvgIpc) is 2.27. The largest absolute Gasteiger partial charge is 0.474 e. The van der Waals surface area contributed by atoms with E-state index >= 15 is 0 Å². The number of piperazine rings is 1. The number of rotatable bonds is 0. The van der Waals surface area contributed by atoms with E-state index < -0.39 is 11.9 Å². The Morgan fingerprint density at radius 1 is 1.13 bits per heavy atom. The average molecular weight is 212 g/mol. The zero-order chi connectivity index (χ0) is 10.8. The van der Waals surface area contributed by atoms with E-state index in [1.54, 1.807) is 0 Å². The Hall–Kier alpha value is -1.10. The van der Waals surface area contributed by atoms with Crippen molar-refractivity contribution in [2.75, 3.05) is 26.2 Å². The third-order valence-electron chi connectivity index (χ3n) is 3.31. The lowest BCUT2D eigenvalue weighted by Crippen LogP contribution is -2.57. The number of carboxylic acid groups (broad SMARTS) is 1. The number of piperidine rings is 1. The maximum absolute atomic E-state index is 11.3. The molecule has 2 aliphatic heterocycles. The fourth-order valence-electron chi connectivity index (χ4n) is 2.48. The highest BCUT2D eigenvalue weighted by molar-refractivity contribution is 6.31. The zero-order valence-electron chi connectivity index (χ0n) is 8.69. The van der Waals surface area contributed by atoms with Gasteiger partial charge < -0.3 is 10.0 Å². The monoisotopic (exact) mass is 212 g/mol. The van der Waals surface area contributed by atoms with Crippen molar-refractivity contribution >= 4 is 11.9 Å². The molecule has 0 radical (unpaired) electrons. The third kappa shape index (κ3) is 2.12. The Bertz CT molecular complexity index is 280. The molecule has 1 unspecified atom stereocenters. The minimum atomic E-state index is -1.33. The molecule has 84 valence electrons. The molecule has 0 aliphatic carbocycles.